The molecule has 1 aliphatic heterocycles. The number of anilines is 1. The van der Waals surface area contributed by atoms with Crippen molar-refractivity contribution in [3.63, 3.8) is 0 Å². The van der Waals surface area contributed by atoms with E-state index in [0.717, 1.165) is 27.3 Å². The van der Waals surface area contributed by atoms with Crippen molar-refractivity contribution in [3.05, 3.63) is 58.1 Å². The molecule has 33 heavy (non-hydrogen) atoms. The molecule has 0 atom stereocenters. The Balaban J connectivity index is 1.68. The van der Waals surface area contributed by atoms with Gasteiger partial charge in [0.05, 0.1) is 33.7 Å². The summed E-state index contributed by atoms with van der Waals surface area (Å²) in [5.41, 5.74) is 6.57. The van der Waals surface area contributed by atoms with Crippen molar-refractivity contribution in [2.24, 2.45) is 0 Å². The maximum Gasteiger partial charge on any atom is 0.198 e. The minimum Gasteiger partial charge on any atom is -0.395 e. The molecule has 1 aromatic heterocycles. The SMILES string of the molecule is O=S1(=O)CCN(Nc2nc(-c3ccc(C#CCCO)cc3)c(-c3ccc(Cl)cc3Cl)s2)CC1. The van der Waals surface area contributed by atoms with Crippen LogP contribution in [-0.2, 0) is 9.84 Å². The van der Waals surface area contributed by atoms with Gasteiger partial charge in [0.1, 0.15) is 0 Å². The lowest BCUT2D eigenvalue weighted by molar-refractivity contribution is 0.305. The van der Waals surface area contributed by atoms with Gasteiger partial charge in [-0.05, 0) is 24.3 Å². The number of rotatable bonds is 5. The third-order valence-corrected chi connectivity index (χ3v) is 8.18. The van der Waals surface area contributed by atoms with Crippen molar-refractivity contribution in [2.45, 2.75) is 6.42 Å². The Bertz CT molecular complexity index is 1300. The van der Waals surface area contributed by atoms with Gasteiger partial charge >= 0.3 is 0 Å². The van der Waals surface area contributed by atoms with Gasteiger partial charge in [0.2, 0.25) is 0 Å². The van der Waals surface area contributed by atoms with E-state index in [1.165, 1.54) is 11.3 Å². The molecule has 0 amide bonds. The quantitative estimate of drug-likeness (QED) is 0.478. The second-order valence-electron chi connectivity index (χ2n) is 7.42. The predicted octanol–water partition coefficient (Wildman–Crippen LogP) is 4.58. The minimum absolute atomic E-state index is 0.0356. The number of benzene rings is 2. The highest BCUT2D eigenvalue weighted by Crippen LogP contribution is 2.42. The Morgan fingerprint density at radius 3 is 2.52 bits per heavy atom. The van der Waals surface area contributed by atoms with E-state index in [-0.39, 0.29) is 18.1 Å². The minimum atomic E-state index is -2.97. The molecule has 4 rings (SSSR count). The largest absolute Gasteiger partial charge is 0.395 e. The van der Waals surface area contributed by atoms with Gasteiger partial charge in [0, 0.05) is 41.2 Å². The molecular formula is C23H21Cl2N3O3S2. The zero-order chi connectivity index (χ0) is 23.4. The molecule has 6 nitrogen and oxygen atoms in total. The Morgan fingerprint density at radius 1 is 1.12 bits per heavy atom. The van der Waals surface area contributed by atoms with Crippen molar-refractivity contribution in [1.29, 1.82) is 0 Å². The first-order valence-corrected chi connectivity index (χ1v) is 13.6. The van der Waals surface area contributed by atoms with Crippen molar-refractivity contribution in [1.82, 2.24) is 9.99 Å². The van der Waals surface area contributed by atoms with E-state index >= 15 is 0 Å². The van der Waals surface area contributed by atoms with Crippen molar-refractivity contribution >= 4 is 49.5 Å². The number of aliphatic hydroxyl groups excluding tert-OH is 1. The first-order chi connectivity index (χ1) is 15.8. The van der Waals surface area contributed by atoms with Gasteiger partial charge in [-0.3, -0.25) is 5.43 Å². The van der Waals surface area contributed by atoms with Crippen LogP contribution in [0.4, 0.5) is 5.13 Å². The standard InChI is InChI=1S/C23H21Cl2N3O3S2/c24-18-8-9-19(20(25)15-18)22-21(17-6-4-16(5-7-17)3-1-2-12-29)26-23(32-22)27-28-10-13-33(30,31)14-11-28/h4-9,15,29H,2,10-14H2,(H,26,27). The molecule has 0 saturated carbocycles. The van der Waals surface area contributed by atoms with Gasteiger partial charge in [0.25, 0.3) is 0 Å². The molecule has 2 aromatic carbocycles. The Kier molecular flexibility index (Phi) is 7.59. The number of hydrogen-bond donors (Lipinski definition) is 2. The van der Waals surface area contributed by atoms with Crippen LogP contribution in [0.15, 0.2) is 42.5 Å². The van der Waals surface area contributed by atoms with Gasteiger partial charge in [0.15, 0.2) is 15.0 Å². The lowest BCUT2D eigenvalue weighted by atomic mass is 10.1. The lowest BCUT2D eigenvalue weighted by Crippen LogP contribution is -2.43. The summed E-state index contributed by atoms with van der Waals surface area (Å²) in [5, 5.41) is 12.5. The van der Waals surface area contributed by atoms with E-state index in [1.54, 1.807) is 12.1 Å². The number of nitrogens with one attached hydrogen (secondary N) is 1. The summed E-state index contributed by atoms with van der Waals surface area (Å²) in [7, 11) is -2.97. The fourth-order valence-electron chi connectivity index (χ4n) is 3.31. The predicted molar refractivity (Wildman–Crippen MR) is 135 cm³/mol. The van der Waals surface area contributed by atoms with Crippen LogP contribution < -0.4 is 5.43 Å². The molecule has 0 spiro atoms. The molecular weight excluding hydrogens is 501 g/mol. The zero-order valence-electron chi connectivity index (χ0n) is 17.5. The Labute approximate surface area is 207 Å². The van der Waals surface area contributed by atoms with Crippen LogP contribution in [0.25, 0.3) is 21.7 Å². The van der Waals surface area contributed by atoms with Crippen molar-refractivity contribution in [2.75, 3.05) is 36.6 Å². The molecule has 2 N–H and O–H groups in total. The zero-order valence-corrected chi connectivity index (χ0v) is 20.7. The molecule has 2 heterocycles. The van der Waals surface area contributed by atoms with E-state index < -0.39 is 9.84 Å². The van der Waals surface area contributed by atoms with Crippen LogP contribution in [0.1, 0.15) is 12.0 Å². The molecule has 1 saturated heterocycles. The van der Waals surface area contributed by atoms with E-state index in [9.17, 15) is 8.42 Å². The normalized spacial score (nSPS) is 15.6. The summed E-state index contributed by atoms with van der Waals surface area (Å²) in [6.45, 7) is 0.832. The summed E-state index contributed by atoms with van der Waals surface area (Å²) in [4.78, 5) is 5.69. The molecule has 1 aliphatic rings. The maximum atomic E-state index is 11.7. The van der Waals surface area contributed by atoms with Gasteiger partial charge in [-0.25, -0.2) is 18.4 Å². The second-order valence-corrected chi connectivity index (χ2v) is 11.6. The molecule has 3 aromatic rings. The molecule has 0 radical (unpaired) electrons. The number of nitrogens with zero attached hydrogens (tertiary/aromatic N) is 2. The summed E-state index contributed by atoms with van der Waals surface area (Å²) >= 11 is 14.1. The summed E-state index contributed by atoms with van der Waals surface area (Å²) in [6, 6.07) is 13.1. The Hall–Kier alpha value is -2.12. The van der Waals surface area contributed by atoms with Crippen LogP contribution >= 0.6 is 34.5 Å². The number of thiazole rings is 1. The number of aliphatic hydroxyl groups is 1. The molecule has 0 bridgehead atoms. The monoisotopic (exact) mass is 521 g/mol. The van der Waals surface area contributed by atoms with Crippen LogP contribution in [0.3, 0.4) is 0 Å². The number of sulfone groups is 1. The van der Waals surface area contributed by atoms with Gasteiger partial charge < -0.3 is 5.11 Å². The van der Waals surface area contributed by atoms with Crippen LogP contribution in [0.2, 0.25) is 10.0 Å². The average molecular weight is 522 g/mol. The molecule has 10 heteroatoms. The average Bonchev–Trinajstić information content (AvgIpc) is 3.19. The summed E-state index contributed by atoms with van der Waals surface area (Å²) in [6.07, 6.45) is 0.430. The van der Waals surface area contributed by atoms with Gasteiger partial charge in [-0.1, -0.05) is 64.6 Å². The van der Waals surface area contributed by atoms with Crippen molar-refractivity contribution < 1.29 is 13.5 Å². The molecule has 0 aliphatic carbocycles. The topological polar surface area (TPSA) is 82.5 Å². The van der Waals surface area contributed by atoms with Crippen LogP contribution in [-0.4, -0.2) is 54.7 Å². The summed E-state index contributed by atoms with van der Waals surface area (Å²) in [5.74, 6) is 6.17. The molecule has 0 unspecified atom stereocenters. The van der Waals surface area contributed by atoms with E-state index in [2.05, 4.69) is 17.3 Å². The first-order valence-electron chi connectivity index (χ1n) is 10.2. The first kappa shape index (κ1) is 24.0. The lowest BCUT2D eigenvalue weighted by Gasteiger charge is -2.26. The number of hydrazine groups is 1. The Morgan fingerprint density at radius 2 is 1.85 bits per heavy atom. The van der Waals surface area contributed by atoms with E-state index in [4.69, 9.17) is 33.3 Å². The third-order valence-electron chi connectivity index (χ3n) is 5.03. The fourth-order valence-corrected chi connectivity index (χ4v) is 6.12. The van der Waals surface area contributed by atoms with Crippen LogP contribution in [0, 0.1) is 11.8 Å². The fraction of sp³-hybridized carbons (Fsp3) is 0.261. The summed E-state index contributed by atoms with van der Waals surface area (Å²) < 4.78 is 23.5. The van der Waals surface area contributed by atoms with Crippen LogP contribution in [0.5, 0.6) is 0 Å². The van der Waals surface area contributed by atoms with E-state index in [0.29, 0.717) is 34.7 Å². The number of aromatic nitrogens is 1. The highest BCUT2D eigenvalue weighted by Gasteiger charge is 2.23. The highest BCUT2D eigenvalue weighted by molar-refractivity contribution is 7.91. The van der Waals surface area contributed by atoms with Gasteiger partial charge in [-0.15, -0.1) is 0 Å². The smallest absolute Gasteiger partial charge is 0.198 e. The van der Waals surface area contributed by atoms with E-state index in [1.807, 2.05) is 35.3 Å². The second kappa shape index (κ2) is 10.4. The third kappa shape index (κ3) is 6.07. The van der Waals surface area contributed by atoms with Gasteiger partial charge in [-0.2, -0.15) is 0 Å². The molecule has 1 fully saturated rings. The molecule has 172 valence electrons. The number of hydrogen-bond acceptors (Lipinski definition) is 7. The maximum absolute atomic E-state index is 11.7. The number of halogens is 2. The highest BCUT2D eigenvalue weighted by atomic mass is 35.5. The van der Waals surface area contributed by atoms with Crippen molar-refractivity contribution in [3.8, 4) is 33.5 Å².